The first-order chi connectivity index (χ1) is 10.4. The normalized spacial score (nSPS) is 16.5. The minimum Gasteiger partial charge on any atom is -0.310 e. The van der Waals surface area contributed by atoms with Gasteiger partial charge in [0.2, 0.25) is 0 Å². The first-order valence-electron chi connectivity index (χ1n) is 8.86. The van der Waals surface area contributed by atoms with Crippen molar-refractivity contribution in [3.05, 3.63) is 47.5 Å². The van der Waals surface area contributed by atoms with Gasteiger partial charge in [-0.2, -0.15) is 0 Å². The van der Waals surface area contributed by atoms with Crippen LogP contribution in [0.25, 0.3) is 0 Å². The van der Waals surface area contributed by atoms with Crippen molar-refractivity contribution < 1.29 is 0 Å². The summed E-state index contributed by atoms with van der Waals surface area (Å²) in [5.41, 5.74) is 3.13. The fraction of sp³-hybridized carbons (Fsp3) is 0.600. The Kier molecular flexibility index (Phi) is 7.59. The summed E-state index contributed by atoms with van der Waals surface area (Å²) >= 11 is 0. The summed E-state index contributed by atoms with van der Waals surface area (Å²) in [6.07, 6.45) is 14.3. The molecule has 0 amide bonds. The Morgan fingerprint density at radius 1 is 1.10 bits per heavy atom. The van der Waals surface area contributed by atoms with Crippen LogP contribution in [0.5, 0.6) is 0 Å². The highest BCUT2D eigenvalue weighted by atomic mass is 14.9. The minimum atomic E-state index is 0.530. The zero-order valence-electron chi connectivity index (χ0n) is 13.6. The second-order valence-electron chi connectivity index (χ2n) is 6.27. The molecule has 0 fully saturated rings. The predicted molar refractivity (Wildman–Crippen MR) is 92.5 cm³/mol. The highest BCUT2D eigenvalue weighted by Gasteiger charge is 2.11. The van der Waals surface area contributed by atoms with Gasteiger partial charge in [0, 0.05) is 6.04 Å². The molecule has 0 bridgehead atoms. The molecule has 2 rings (SSSR count). The summed E-state index contributed by atoms with van der Waals surface area (Å²) in [5, 5.41) is 3.80. The molecule has 1 aromatic rings. The Bertz CT molecular complexity index is 407. The zero-order valence-corrected chi connectivity index (χ0v) is 13.6. The average molecular weight is 285 g/mol. The van der Waals surface area contributed by atoms with Crippen molar-refractivity contribution in [2.24, 2.45) is 0 Å². The molecular formula is C20H31N. The van der Waals surface area contributed by atoms with Crippen molar-refractivity contribution in [1.29, 1.82) is 0 Å². The molecule has 1 unspecified atom stereocenters. The minimum absolute atomic E-state index is 0.530. The smallest absolute Gasteiger partial charge is 0.0320 e. The molecule has 0 saturated carbocycles. The fourth-order valence-electron chi connectivity index (χ4n) is 3.21. The topological polar surface area (TPSA) is 12.0 Å². The highest BCUT2D eigenvalue weighted by molar-refractivity contribution is 5.19. The molecule has 0 aliphatic heterocycles. The van der Waals surface area contributed by atoms with Crippen LogP contribution in [0.15, 0.2) is 42.0 Å². The van der Waals surface area contributed by atoms with Gasteiger partial charge in [-0.3, -0.25) is 0 Å². The molecule has 1 N–H and O–H groups in total. The number of hydrogen-bond acceptors (Lipinski definition) is 1. The van der Waals surface area contributed by atoms with Crippen LogP contribution in [0.4, 0.5) is 0 Å². The molecule has 21 heavy (non-hydrogen) atoms. The van der Waals surface area contributed by atoms with Gasteiger partial charge in [-0.05, 0) is 50.6 Å². The summed E-state index contributed by atoms with van der Waals surface area (Å²) in [7, 11) is 0. The number of rotatable bonds is 9. The van der Waals surface area contributed by atoms with Crippen LogP contribution >= 0.6 is 0 Å². The van der Waals surface area contributed by atoms with E-state index in [0.717, 1.165) is 6.54 Å². The molecule has 0 heterocycles. The van der Waals surface area contributed by atoms with Gasteiger partial charge in [0.05, 0.1) is 0 Å². The molecule has 1 heteroatoms. The molecule has 1 nitrogen and oxygen atoms in total. The summed E-state index contributed by atoms with van der Waals surface area (Å²) in [4.78, 5) is 0. The van der Waals surface area contributed by atoms with E-state index in [1.165, 1.54) is 63.4 Å². The van der Waals surface area contributed by atoms with E-state index in [4.69, 9.17) is 0 Å². The Labute approximate surface area is 130 Å². The van der Waals surface area contributed by atoms with Crippen molar-refractivity contribution in [2.45, 2.75) is 70.8 Å². The highest BCUT2D eigenvalue weighted by Crippen LogP contribution is 2.22. The monoisotopic (exact) mass is 285 g/mol. The average Bonchev–Trinajstić information content (AvgIpc) is 2.55. The number of benzene rings is 1. The summed E-state index contributed by atoms with van der Waals surface area (Å²) < 4.78 is 0. The molecule has 1 atom stereocenters. The van der Waals surface area contributed by atoms with Crippen molar-refractivity contribution in [3.63, 3.8) is 0 Å². The first kappa shape index (κ1) is 16.3. The lowest BCUT2D eigenvalue weighted by Gasteiger charge is -2.20. The van der Waals surface area contributed by atoms with E-state index in [1.807, 2.05) is 0 Å². The lowest BCUT2D eigenvalue weighted by molar-refractivity contribution is 0.473. The Hall–Kier alpha value is -1.08. The van der Waals surface area contributed by atoms with Crippen LogP contribution in [-0.2, 0) is 0 Å². The summed E-state index contributed by atoms with van der Waals surface area (Å²) in [6.45, 7) is 3.40. The van der Waals surface area contributed by atoms with E-state index in [1.54, 1.807) is 5.57 Å². The van der Waals surface area contributed by atoms with Gasteiger partial charge in [-0.15, -0.1) is 0 Å². The molecule has 0 spiro atoms. The molecule has 1 aliphatic carbocycles. The third-order valence-corrected chi connectivity index (χ3v) is 4.52. The molecule has 0 saturated heterocycles. The van der Waals surface area contributed by atoms with E-state index < -0.39 is 0 Å². The standard InChI is InChI=1S/C20H31N/c1-2-3-6-15-20(19-13-9-5-10-14-19)21-17-16-18-11-7-4-8-12-18/h5,9-11,13-14,20-21H,2-4,6-8,12,15-17H2,1H3. The van der Waals surface area contributed by atoms with Crippen LogP contribution < -0.4 is 5.32 Å². The molecular weight excluding hydrogens is 254 g/mol. The van der Waals surface area contributed by atoms with Crippen LogP contribution in [0.2, 0.25) is 0 Å². The van der Waals surface area contributed by atoms with Crippen LogP contribution in [0.1, 0.15) is 76.3 Å². The number of unbranched alkanes of at least 4 members (excludes halogenated alkanes) is 2. The predicted octanol–water partition coefficient (Wildman–Crippen LogP) is 5.79. The second kappa shape index (κ2) is 9.78. The third kappa shape index (κ3) is 6.05. The van der Waals surface area contributed by atoms with Crippen molar-refractivity contribution in [2.75, 3.05) is 6.54 Å². The molecule has 0 aromatic heterocycles. The number of allylic oxidation sites excluding steroid dienone is 1. The van der Waals surface area contributed by atoms with E-state index in [-0.39, 0.29) is 0 Å². The van der Waals surface area contributed by atoms with Crippen molar-refractivity contribution >= 4 is 0 Å². The van der Waals surface area contributed by atoms with Gasteiger partial charge < -0.3 is 5.32 Å². The third-order valence-electron chi connectivity index (χ3n) is 4.52. The maximum Gasteiger partial charge on any atom is 0.0320 e. The summed E-state index contributed by atoms with van der Waals surface area (Å²) in [5.74, 6) is 0. The maximum absolute atomic E-state index is 3.80. The maximum atomic E-state index is 3.80. The van der Waals surface area contributed by atoms with Gasteiger partial charge in [0.1, 0.15) is 0 Å². The number of nitrogens with one attached hydrogen (secondary N) is 1. The lowest BCUT2D eigenvalue weighted by atomic mass is 9.96. The fourth-order valence-corrected chi connectivity index (χ4v) is 3.21. The molecule has 0 radical (unpaired) electrons. The first-order valence-corrected chi connectivity index (χ1v) is 8.86. The van der Waals surface area contributed by atoms with E-state index in [9.17, 15) is 0 Å². The van der Waals surface area contributed by atoms with Crippen molar-refractivity contribution in [3.8, 4) is 0 Å². The van der Waals surface area contributed by atoms with Gasteiger partial charge >= 0.3 is 0 Å². The van der Waals surface area contributed by atoms with Crippen molar-refractivity contribution in [1.82, 2.24) is 5.32 Å². The van der Waals surface area contributed by atoms with Gasteiger partial charge in [0.15, 0.2) is 0 Å². The SMILES string of the molecule is CCCCCC(NCCC1=CCCCC1)c1ccccc1. The van der Waals surface area contributed by atoms with Gasteiger partial charge in [0.25, 0.3) is 0 Å². The zero-order chi connectivity index (χ0) is 14.8. The quantitative estimate of drug-likeness (QED) is 0.447. The van der Waals surface area contributed by atoms with Crippen LogP contribution in [0, 0.1) is 0 Å². The van der Waals surface area contributed by atoms with Crippen LogP contribution in [-0.4, -0.2) is 6.54 Å². The largest absolute Gasteiger partial charge is 0.310 e. The molecule has 116 valence electrons. The van der Waals surface area contributed by atoms with E-state index >= 15 is 0 Å². The lowest BCUT2D eigenvalue weighted by Crippen LogP contribution is -2.23. The van der Waals surface area contributed by atoms with E-state index in [2.05, 4.69) is 48.6 Å². The van der Waals surface area contributed by atoms with Gasteiger partial charge in [-0.1, -0.05) is 68.2 Å². The molecule has 1 aromatic carbocycles. The number of hydrogen-bond donors (Lipinski definition) is 1. The van der Waals surface area contributed by atoms with Crippen LogP contribution in [0.3, 0.4) is 0 Å². The second-order valence-corrected chi connectivity index (χ2v) is 6.27. The van der Waals surface area contributed by atoms with Gasteiger partial charge in [-0.25, -0.2) is 0 Å². The Balaban J connectivity index is 1.82. The molecule has 1 aliphatic rings. The van der Waals surface area contributed by atoms with E-state index in [0.29, 0.717) is 6.04 Å². The Morgan fingerprint density at radius 3 is 2.67 bits per heavy atom. The summed E-state index contributed by atoms with van der Waals surface area (Å²) in [6, 6.07) is 11.5. The Morgan fingerprint density at radius 2 is 1.95 bits per heavy atom.